The Hall–Kier alpha value is -1.36. The van der Waals surface area contributed by atoms with E-state index in [0.29, 0.717) is 18.6 Å². The van der Waals surface area contributed by atoms with Gasteiger partial charge in [-0.2, -0.15) is 0 Å². The van der Waals surface area contributed by atoms with Gasteiger partial charge in [0.1, 0.15) is 6.10 Å². The maximum absolute atomic E-state index is 11.5. The number of ether oxygens (including phenoxy) is 1. The fourth-order valence-corrected chi connectivity index (χ4v) is 1.48. The van der Waals surface area contributed by atoms with E-state index in [0.717, 1.165) is 12.8 Å². The van der Waals surface area contributed by atoms with E-state index in [4.69, 9.17) is 4.74 Å². The van der Waals surface area contributed by atoms with Crippen LogP contribution in [0.15, 0.2) is 11.6 Å². The molecule has 90 valence electrons. The first-order valence-electron chi connectivity index (χ1n) is 5.53. The number of rotatable bonds is 3. The van der Waals surface area contributed by atoms with Crippen LogP contribution in [0.4, 0.5) is 0 Å². The van der Waals surface area contributed by atoms with Crippen LogP contribution in [-0.2, 0) is 14.3 Å². The lowest BCUT2D eigenvalue weighted by Gasteiger charge is -2.11. The molecule has 2 amide bonds. The average molecular weight is 226 g/mol. The minimum atomic E-state index is -0.421. The van der Waals surface area contributed by atoms with Gasteiger partial charge in [0.15, 0.2) is 0 Å². The molecule has 0 spiro atoms. The van der Waals surface area contributed by atoms with Crippen LogP contribution in [0.5, 0.6) is 0 Å². The van der Waals surface area contributed by atoms with Crippen LogP contribution >= 0.6 is 0 Å². The molecule has 5 nitrogen and oxygen atoms in total. The fourth-order valence-electron chi connectivity index (χ4n) is 1.48. The Kier molecular flexibility index (Phi) is 4.98. The van der Waals surface area contributed by atoms with E-state index in [-0.39, 0.29) is 11.8 Å². The van der Waals surface area contributed by atoms with Gasteiger partial charge < -0.3 is 4.74 Å². The van der Waals surface area contributed by atoms with Crippen molar-refractivity contribution >= 4 is 11.8 Å². The molecule has 0 aromatic carbocycles. The van der Waals surface area contributed by atoms with Crippen molar-refractivity contribution in [3.05, 3.63) is 11.6 Å². The van der Waals surface area contributed by atoms with Crippen molar-refractivity contribution in [1.82, 2.24) is 10.9 Å². The molecule has 0 aromatic rings. The number of hydrogen-bond acceptors (Lipinski definition) is 3. The molecular weight excluding hydrogens is 208 g/mol. The van der Waals surface area contributed by atoms with Gasteiger partial charge in [-0.1, -0.05) is 13.0 Å². The van der Waals surface area contributed by atoms with Gasteiger partial charge in [0, 0.05) is 12.2 Å². The molecule has 1 saturated heterocycles. The zero-order valence-corrected chi connectivity index (χ0v) is 9.71. The molecule has 1 rings (SSSR count). The van der Waals surface area contributed by atoms with Crippen molar-refractivity contribution < 1.29 is 14.3 Å². The van der Waals surface area contributed by atoms with Crippen molar-refractivity contribution in [2.45, 2.75) is 39.2 Å². The second kappa shape index (κ2) is 6.27. The van der Waals surface area contributed by atoms with Crippen LogP contribution in [0.25, 0.3) is 0 Å². The normalized spacial score (nSPS) is 20.6. The highest BCUT2D eigenvalue weighted by atomic mass is 16.5. The van der Waals surface area contributed by atoms with Crippen LogP contribution in [0.3, 0.4) is 0 Å². The lowest BCUT2D eigenvalue weighted by molar-refractivity contribution is -0.133. The molecule has 1 fully saturated rings. The van der Waals surface area contributed by atoms with Crippen molar-refractivity contribution in [2.24, 2.45) is 0 Å². The molecule has 5 heteroatoms. The van der Waals surface area contributed by atoms with Crippen molar-refractivity contribution in [1.29, 1.82) is 0 Å². The van der Waals surface area contributed by atoms with Crippen molar-refractivity contribution in [3.63, 3.8) is 0 Å². The molecule has 1 aliphatic heterocycles. The molecule has 1 unspecified atom stereocenters. The van der Waals surface area contributed by atoms with Crippen LogP contribution in [0.1, 0.15) is 33.1 Å². The summed E-state index contributed by atoms with van der Waals surface area (Å²) in [5.74, 6) is -0.566. The summed E-state index contributed by atoms with van der Waals surface area (Å²) in [6, 6.07) is 0. The summed E-state index contributed by atoms with van der Waals surface area (Å²) in [4.78, 5) is 22.9. The largest absolute Gasteiger partial charge is 0.368 e. The van der Waals surface area contributed by atoms with Crippen LogP contribution in [-0.4, -0.2) is 24.5 Å². The molecule has 0 bridgehead atoms. The Morgan fingerprint density at radius 3 is 2.75 bits per heavy atom. The van der Waals surface area contributed by atoms with Gasteiger partial charge in [0.2, 0.25) is 0 Å². The number of hydrazine groups is 1. The van der Waals surface area contributed by atoms with Crippen molar-refractivity contribution in [3.8, 4) is 0 Å². The second-order valence-corrected chi connectivity index (χ2v) is 3.74. The van der Waals surface area contributed by atoms with E-state index in [2.05, 4.69) is 10.9 Å². The number of allylic oxidation sites excluding steroid dienone is 1. The van der Waals surface area contributed by atoms with Crippen LogP contribution < -0.4 is 10.9 Å². The summed E-state index contributed by atoms with van der Waals surface area (Å²) in [5, 5.41) is 0. The first kappa shape index (κ1) is 12.7. The monoisotopic (exact) mass is 226 g/mol. The first-order chi connectivity index (χ1) is 7.65. The summed E-state index contributed by atoms with van der Waals surface area (Å²) in [7, 11) is 0. The quantitative estimate of drug-likeness (QED) is 0.549. The molecule has 0 aliphatic carbocycles. The molecule has 1 heterocycles. The van der Waals surface area contributed by atoms with Gasteiger partial charge >= 0.3 is 0 Å². The molecule has 1 atom stereocenters. The zero-order chi connectivity index (χ0) is 12.0. The first-order valence-corrected chi connectivity index (χ1v) is 5.53. The highest BCUT2D eigenvalue weighted by Crippen LogP contribution is 2.11. The Labute approximate surface area is 95.2 Å². The SMILES string of the molecule is CCC=C(C)C(=O)NNC(=O)C1CCCO1. The predicted octanol–water partition coefficient (Wildman–Crippen LogP) is 0.669. The summed E-state index contributed by atoms with van der Waals surface area (Å²) >= 11 is 0. The smallest absolute Gasteiger partial charge is 0.267 e. The number of nitrogens with one attached hydrogen (secondary N) is 2. The summed E-state index contributed by atoms with van der Waals surface area (Å²) in [5.41, 5.74) is 5.31. The lowest BCUT2D eigenvalue weighted by Crippen LogP contribution is -2.46. The van der Waals surface area contributed by atoms with Gasteiger partial charge in [0.05, 0.1) is 0 Å². The molecular formula is C11H18N2O3. The van der Waals surface area contributed by atoms with E-state index in [9.17, 15) is 9.59 Å². The highest BCUT2D eigenvalue weighted by molar-refractivity contribution is 5.94. The van der Waals surface area contributed by atoms with Gasteiger partial charge in [-0.15, -0.1) is 0 Å². The Balaban J connectivity index is 2.31. The van der Waals surface area contributed by atoms with E-state index >= 15 is 0 Å². The fraction of sp³-hybridized carbons (Fsp3) is 0.636. The minimum Gasteiger partial charge on any atom is -0.368 e. The summed E-state index contributed by atoms with van der Waals surface area (Å²) in [6.45, 7) is 4.26. The lowest BCUT2D eigenvalue weighted by atomic mass is 10.2. The number of hydrogen-bond donors (Lipinski definition) is 2. The number of carbonyl (C=O) groups excluding carboxylic acids is 2. The van der Waals surface area contributed by atoms with Gasteiger partial charge in [-0.3, -0.25) is 20.4 Å². The van der Waals surface area contributed by atoms with Gasteiger partial charge in [-0.25, -0.2) is 0 Å². The Bertz CT molecular complexity index is 294. The van der Waals surface area contributed by atoms with E-state index in [1.165, 1.54) is 0 Å². The molecule has 16 heavy (non-hydrogen) atoms. The number of carbonyl (C=O) groups is 2. The zero-order valence-electron chi connectivity index (χ0n) is 9.71. The Morgan fingerprint density at radius 1 is 1.44 bits per heavy atom. The highest BCUT2D eigenvalue weighted by Gasteiger charge is 2.23. The van der Waals surface area contributed by atoms with E-state index in [1.54, 1.807) is 13.0 Å². The average Bonchev–Trinajstić information content (AvgIpc) is 2.79. The third-order valence-corrected chi connectivity index (χ3v) is 2.39. The molecule has 0 saturated carbocycles. The topological polar surface area (TPSA) is 67.4 Å². The van der Waals surface area contributed by atoms with E-state index in [1.807, 2.05) is 6.92 Å². The molecule has 1 aliphatic rings. The number of amides is 2. The minimum absolute atomic E-state index is 0.282. The summed E-state index contributed by atoms with van der Waals surface area (Å²) in [6.07, 6.45) is 3.77. The second-order valence-electron chi connectivity index (χ2n) is 3.74. The molecule has 0 radical (unpaired) electrons. The van der Waals surface area contributed by atoms with Gasteiger partial charge in [-0.05, 0) is 26.2 Å². The maximum Gasteiger partial charge on any atom is 0.267 e. The predicted molar refractivity (Wildman–Crippen MR) is 59.3 cm³/mol. The standard InChI is InChI=1S/C11H18N2O3/c1-3-5-8(2)10(14)12-13-11(15)9-6-4-7-16-9/h5,9H,3-4,6-7H2,1-2H3,(H,12,14)(H,13,15). The van der Waals surface area contributed by atoms with Crippen LogP contribution in [0, 0.1) is 0 Å². The summed E-state index contributed by atoms with van der Waals surface area (Å²) < 4.78 is 5.18. The maximum atomic E-state index is 11.5. The Morgan fingerprint density at radius 2 is 2.19 bits per heavy atom. The molecule has 0 aromatic heterocycles. The third kappa shape index (κ3) is 3.66. The third-order valence-electron chi connectivity index (χ3n) is 2.39. The van der Waals surface area contributed by atoms with Gasteiger partial charge in [0.25, 0.3) is 11.8 Å². The van der Waals surface area contributed by atoms with Crippen LogP contribution in [0.2, 0.25) is 0 Å². The molecule has 2 N–H and O–H groups in total. The van der Waals surface area contributed by atoms with Crippen molar-refractivity contribution in [2.75, 3.05) is 6.61 Å². The van der Waals surface area contributed by atoms with E-state index < -0.39 is 6.10 Å².